The summed E-state index contributed by atoms with van der Waals surface area (Å²) in [6, 6.07) is 1.68. The first-order valence-electron chi connectivity index (χ1n) is 5.49. The van der Waals surface area contributed by atoms with Gasteiger partial charge < -0.3 is 15.1 Å². The van der Waals surface area contributed by atoms with Crippen molar-refractivity contribution in [2.45, 2.75) is 0 Å². The van der Waals surface area contributed by atoms with Crippen LogP contribution in [0.1, 0.15) is 10.4 Å². The molecule has 1 fully saturated rings. The van der Waals surface area contributed by atoms with Crippen molar-refractivity contribution in [2.24, 2.45) is 5.73 Å². The Morgan fingerprint density at radius 2 is 2.12 bits per heavy atom. The van der Waals surface area contributed by atoms with E-state index in [0.29, 0.717) is 30.2 Å². The molecule has 1 aliphatic heterocycles. The van der Waals surface area contributed by atoms with Crippen molar-refractivity contribution in [1.29, 1.82) is 0 Å². The van der Waals surface area contributed by atoms with Crippen LogP contribution < -0.4 is 5.73 Å². The zero-order valence-electron chi connectivity index (χ0n) is 9.46. The molecule has 17 heavy (non-hydrogen) atoms. The summed E-state index contributed by atoms with van der Waals surface area (Å²) in [6.45, 7) is 3.64. The first-order valence-corrected chi connectivity index (χ1v) is 5.90. The molecule has 1 amide bonds. The number of nitrogens with zero attached hydrogens (tertiary/aromatic N) is 2. The fourth-order valence-electron chi connectivity index (χ4n) is 1.90. The minimum absolute atomic E-state index is 0.0220. The molecule has 0 aliphatic carbocycles. The van der Waals surface area contributed by atoms with E-state index < -0.39 is 0 Å². The molecule has 92 valence electrons. The topological polar surface area (TPSA) is 62.7 Å². The maximum Gasteiger partial charge on any atom is 0.257 e. The van der Waals surface area contributed by atoms with Gasteiger partial charge in [0.1, 0.15) is 6.26 Å². The molecule has 1 aromatic rings. The van der Waals surface area contributed by atoms with Gasteiger partial charge in [-0.15, -0.1) is 0 Å². The van der Waals surface area contributed by atoms with Crippen LogP contribution in [0.25, 0.3) is 0 Å². The summed E-state index contributed by atoms with van der Waals surface area (Å²) in [4.78, 5) is 16.5. The molecule has 1 saturated heterocycles. The van der Waals surface area contributed by atoms with E-state index in [4.69, 9.17) is 22.4 Å². The second kappa shape index (κ2) is 5.29. The van der Waals surface area contributed by atoms with Gasteiger partial charge in [-0.3, -0.25) is 9.69 Å². The molecule has 0 unspecified atom stereocenters. The highest BCUT2D eigenvalue weighted by Gasteiger charge is 2.22. The molecule has 0 atom stereocenters. The Morgan fingerprint density at radius 1 is 1.41 bits per heavy atom. The van der Waals surface area contributed by atoms with E-state index in [0.717, 1.165) is 13.1 Å². The number of nitrogens with two attached hydrogens (primary N) is 1. The molecule has 6 heteroatoms. The molecule has 2 rings (SSSR count). The van der Waals surface area contributed by atoms with Crippen LogP contribution in [0.3, 0.4) is 0 Å². The van der Waals surface area contributed by atoms with Crippen molar-refractivity contribution in [1.82, 2.24) is 9.80 Å². The van der Waals surface area contributed by atoms with Crippen molar-refractivity contribution in [3.63, 3.8) is 0 Å². The predicted octanol–water partition coefficient (Wildman–Crippen LogP) is 0.323. The van der Waals surface area contributed by atoms with Crippen molar-refractivity contribution in [3.8, 4) is 0 Å². The van der Waals surface area contributed by atoms with Crippen LogP contribution in [0, 0.1) is 0 Å². The minimum Gasteiger partial charge on any atom is -0.472 e. The van der Waals surface area contributed by atoms with Gasteiger partial charge in [-0.25, -0.2) is 0 Å². The highest BCUT2D eigenvalue weighted by molar-refractivity contribution is 7.80. The van der Waals surface area contributed by atoms with E-state index in [1.54, 1.807) is 6.07 Å². The molecule has 1 aromatic heterocycles. The predicted molar refractivity (Wildman–Crippen MR) is 67.8 cm³/mol. The Morgan fingerprint density at radius 3 is 2.65 bits per heavy atom. The number of hydrogen-bond acceptors (Lipinski definition) is 4. The third kappa shape index (κ3) is 3.04. The van der Waals surface area contributed by atoms with Gasteiger partial charge >= 0.3 is 0 Å². The zero-order valence-corrected chi connectivity index (χ0v) is 10.3. The summed E-state index contributed by atoms with van der Waals surface area (Å²) < 4.78 is 4.91. The van der Waals surface area contributed by atoms with Gasteiger partial charge in [-0.2, -0.15) is 0 Å². The largest absolute Gasteiger partial charge is 0.472 e. The Labute approximate surface area is 105 Å². The summed E-state index contributed by atoms with van der Waals surface area (Å²) in [6.07, 6.45) is 2.99. The van der Waals surface area contributed by atoms with E-state index >= 15 is 0 Å². The van der Waals surface area contributed by atoms with Gasteiger partial charge in [0.15, 0.2) is 0 Å². The first kappa shape index (κ1) is 12.1. The smallest absolute Gasteiger partial charge is 0.257 e. The fourth-order valence-corrected chi connectivity index (χ4v) is 2.08. The van der Waals surface area contributed by atoms with E-state index in [9.17, 15) is 4.79 Å². The van der Waals surface area contributed by atoms with E-state index in [-0.39, 0.29) is 5.91 Å². The Kier molecular flexibility index (Phi) is 3.75. The van der Waals surface area contributed by atoms with E-state index in [1.165, 1.54) is 12.5 Å². The van der Waals surface area contributed by atoms with Gasteiger partial charge in [0.05, 0.1) is 16.8 Å². The zero-order chi connectivity index (χ0) is 12.3. The van der Waals surface area contributed by atoms with Gasteiger partial charge in [-0.1, -0.05) is 12.2 Å². The summed E-state index contributed by atoms with van der Waals surface area (Å²) in [5, 5.41) is 0. The monoisotopic (exact) mass is 253 g/mol. The van der Waals surface area contributed by atoms with E-state index in [1.807, 2.05) is 4.90 Å². The van der Waals surface area contributed by atoms with Crippen molar-refractivity contribution in [2.75, 3.05) is 32.7 Å². The SMILES string of the molecule is NC(=S)CN1CCN(C(=O)c2ccoc2)CC1. The highest BCUT2D eigenvalue weighted by Crippen LogP contribution is 2.09. The third-order valence-corrected chi connectivity index (χ3v) is 2.94. The normalized spacial score (nSPS) is 17.1. The minimum atomic E-state index is 0.0220. The molecule has 0 bridgehead atoms. The second-order valence-electron chi connectivity index (χ2n) is 4.05. The average molecular weight is 253 g/mol. The lowest BCUT2D eigenvalue weighted by atomic mass is 10.2. The van der Waals surface area contributed by atoms with Crippen LogP contribution in [-0.2, 0) is 0 Å². The number of carbonyl (C=O) groups excluding carboxylic acids is 1. The van der Waals surface area contributed by atoms with E-state index in [2.05, 4.69) is 4.90 Å². The summed E-state index contributed by atoms with van der Waals surface area (Å²) >= 11 is 4.87. The van der Waals surface area contributed by atoms with Crippen LogP contribution in [0.15, 0.2) is 23.0 Å². The molecule has 0 saturated carbocycles. The lowest BCUT2D eigenvalue weighted by Crippen LogP contribution is -2.50. The number of carbonyl (C=O) groups is 1. The highest BCUT2D eigenvalue weighted by atomic mass is 32.1. The number of hydrogen-bond donors (Lipinski definition) is 1. The van der Waals surface area contributed by atoms with Gasteiger partial charge in [0.25, 0.3) is 5.91 Å². The molecule has 1 aliphatic rings. The maximum atomic E-state index is 12.0. The Hall–Kier alpha value is -1.40. The van der Waals surface area contributed by atoms with Gasteiger partial charge in [0, 0.05) is 32.7 Å². The molecule has 2 N–H and O–H groups in total. The fraction of sp³-hybridized carbons (Fsp3) is 0.455. The van der Waals surface area contributed by atoms with Crippen LogP contribution in [0.2, 0.25) is 0 Å². The van der Waals surface area contributed by atoms with Crippen LogP contribution >= 0.6 is 12.2 Å². The number of thiocarbonyl (C=S) groups is 1. The van der Waals surface area contributed by atoms with Crippen LogP contribution in [-0.4, -0.2) is 53.4 Å². The molecular formula is C11H15N3O2S. The summed E-state index contributed by atoms with van der Waals surface area (Å²) in [7, 11) is 0. The van der Waals surface area contributed by atoms with Gasteiger partial charge in [-0.05, 0) is 6.07 Å². The maximum absolute atomic E-state index is 12.0. The quantitative estimate of drug-likeness (QED) is 0.786. The Bertz CT molecular complexity index is 397. The summed E-state index contributed by atoms with van der Waals surface area (Å²) in [5.74, 6) is 0.0220. The van der Waals surface area contributed by atoms with Crippen LogP contribution in [0.4, 0.5) is 0 Å². The molecule has 5 nitrogen and oxygen atoms in total. The molecule has 0 radical (unpaired) electrons. The first-order chi connectivity index (χ1) is 8.16. The molecule has 2 heterocycles. The van der Waals surface area contributed by atoms with Crippen molar-refractivity contribution >= 4 is 23.1 Å². The number of rotatable bonds is 3. The molecular weight excluding hydrogens is 238 g/mol. The standard InChI is InChI=1S/C11H15N3O2S/c12-10(17)7-13-2-4-14(5-3-13)11(15)9-1-6-16-8-9/h1,6,8H,2-5,7H2,(H2,12,17). The average Bonchev–Trinajstić information content (AvgIpc) is 2.82. The third-order valence-electron chi connectivity index (χ3n) is 2.81. The summed E-state index contributed by atoms with van der Waals surface area (Å²) in [5.41, 5.74) is 6.10. The lowest BCUT2D eigenvalue weighted by Gasteiger charge is -2.34. The number of furan rings is 1. The molecule has 0 spiro atoms. The lowest BCUT2D eigenvalue weighted by molar-refractivity contribution is 0.0654. The second-order valence-corrected chi connectivity index (χ2v) is 4.57. The number of piperazine rings is 1. The van der Waals surface area contributed by atoms with Crippen molar-refractivity contribution in [3.05, 3.63) is 24.2 Å². The van der Waals surface area contributed by atoms with Crippen LogP contribution in [0.5, 0.6) is 0 Å². The Balaban J connectivity index is 1.87. The number of amides is 1. The molecule has 0 aromatic carbocycles. The van der Waals surface area contributed by atoms with Gasteiger partial charge in [0.2, 0.25) is 0 Å². The van der Waals surface area contributed by atoms with Crippen molar-refractivity contribution < 1.29 is 9.21 Å².